The summed E-state index contributed by atoms with van der Waals surface area (Å²) in [5, 5.41) is 7.18. The average molecular weight is 545 g/mol. The third-order valence-electron chi connectivity index (χ3n) is 7.03. The molecule has 0 radical (unpaired) electrons. The number of aromatic nitrogens is 7. The number of hydrogen-bond donors (Lipinski definition) is 2. The van der Waals surface area contributed by atoms with Gasteiger partial charge in [-0.3, -0.25) is 20.0 Å². The van der Waals surface area contributed by atoms with Crippen LogP contribution in [-0.4, -0.2) is 59.0 Å². The summed E-state index contributed by atoms with van der Waals surface area (Å²) < 4.78 is 56.8. The predicted molar refractivity (Wildman–Crippen MR) is 140 cm³/mol. The number of rotatable bonds is 5. The van der Waals surface area contributed by atoms with Gasteiger partial charge in [-0.05, 0) is 42.0 Å². The number of hydrogen-bond acceptors (Lipinski definition) is 6. The summed E-state index contributed by atoms with van der Waals surface area (Å²) in [5.41, 5.74) is 4.21. The number of nitrogens with one attached hydrogen (secondary N) is 2. The Bertz CT molecular complexity index is 1880. The predicted octanol–water partition coefficient (Wildman–Crippen LogP) is 5.74. The highest BCUT2D eigenvalue weighted by Gasteiger charge is 2.38. The zero-order chi connectivity index (χ0) is 27.4. The number of alkyl halides is 2. The van der Waals surface area contributed by atoms with Crippen molar-refractivity contribution in [3.63, 3.8) is 0 Å². The van der Waals surface area contributed by atoms with Crippen molar-refractivity contribution in [2.45, 2.75) is 18.9 Å². The standard InChI is InChI=1S/C28H20F4N8/c29-18-3-1-16(2-4-18)23-24-20(5-7-34-23)36-27(37-24)25-21-22(30)19(12-35-26(21)39-38-25)17-9-15(10-33-11-17)13-40-8-6-28(31,32)14-40/h1-5,7,9-12H,6,8,13-14H2,(H,36,37)(H,35,38,39). The number of fused-ring (bicyclic) bond motifs is 2. The van der Waals surface area contributed by atoms with Crippen LogP contribution < -0.4 is 0 Å². The molecule has 1 aromatic carbocycles. The van der Waals surface area contributed by atoms with Gasteiger partial charge in [0.15, 0.2) is 11.5 Å². The maximum absolute atomic E-state index is 16.1. The zero-order valence-corrected chi connectivity index (χ0v) is 20.8. The van der Waals surface area contributed by atoms with Gasteiger partial charge in [0.2, 0.25) is 0 Å². The molecule has 7 rings (SSSR count). The Morgan fingerprint density at radius 3 is 2.60 bits per heavy atom. The number of imidazole rings is 1. The lowest BCUT2D eigenvalue weighted by molar-refractivity contribution is 0.0115. The van der Waals surface area contributed by atoms with Crippen molar-refractivity contribution in [3.8, 4) is 33.9 Å². The van der Waals surface area contributed by atoms with E-state index < -0.39 is 11.7 Å². The van der Waals surface area contributed by atoms with E-state index in [0.29, 0.717) is 39.2 Å². The van der Waals surface area contributed by atoms with Crippen molar-refractivity contribution in [3.05, 3.63) is 78.4 Å². The molecule has 200 valence electrons. The molecule has 40 heavy (non-hydrogen) atoms. The van der Waals surface area contributed by atoms with Gasteiger partial charge in [0.25, 0.3) is 5.92 Å². The highest BCUT2D eigenvalue weighted by Crippen LogP contribution is 2.34. The Balaban J connectivity index is 1.27. The lowest BCUT2D eigenvalue weighted by Gasteiger charge is -2.15. The van der Waals surface area contributed by atoms with Crippen LogP contribution in [0.4, 0.5) is 17.6 Å². The van der Waals surface area contributed by atoms with Gasteiger partial charge >= 0.3 is 0 Å². The third kappa shape index (κ3) is 4.26. The fourth-order valence-electron chi connectivity index (χ4n) is 5.12. The number of halogens is 4. The van der Waals surface area contributed by atoms with E-state index in [-0.39, 0.29) is 54.2 Å². The zero-order valence-electron chi connectivity index (χ0n) is 20.8. The molecule has 0 saturated carbocycles. The fourth-order valence-corrected chi connectivity index (χ4v) is 5.12. The first-order valence-electron chi connectivity index (χ1n) is 12.5. The second-order valence-electron chi connectivity index (χ2n) is 9.83. The highest BCUT2D eigenvalue weighted by atomic mass is 19.3. The summed E-state index contributed by atoms with van der Waals surface area (Å²) >= 11 is 0. The van der Waals surface area contributed by atoms with E-state index in [2.05, 4.69) is 35.1 Å². The molecule has 0 atom stereocenters. The second-order valence-corrected chi connectivity index (χ2v) is 9.83. The monoisotopic (exact) mass is 544 g/mol. The smallest absolute Gasteiger partial charge is 0.261 e. The summed E-state index contributed by atoms with van der Waals surface area (Å²) in [6, 6.07) is 9.39. The molecule has 0 aliphatic carbocycles. The number of aromatic amines is 2. The fraction of sp³-hybridized carbons (Fsp3) is 0.179. The maximum Gasteiger partial charge on any atom is 0.261 e. The molecule has 6 aromatic rings. The molecule has 1 fully saturated rings. The summed E-state index contributed by atoms with van der Waals surface area (Å²) in [6.07, 6.45) is 5.92. The molecule has 0 spiro atoms. The van der Waals surface area contributed by atoms with Crippen molar-refractivity contribution < 1.29 is 17.6 Å². The van der Waals surface area contributed by atoms with Crippen molar-refractivity contribution in [2.24, 2.45) is 0 Å². The van der Waals surface area contributed by atoms with Crippen molar-refractivity contribution >= 4 is 22.1 Å². The lowest BCUT2D eigenvalue weighted by Crippen LogP contribution is -2.24. The first-order chi connectivity index (χ1) is 19.3. The molecule has 0 bridgehead atoms. The largest absolute Gasteiger partial charge is 0.336 e. The van der Waals surface area contributed by atoms with Gasteiger partial charge in [-0.2, -0.15) is 5.10 Å². The van der Waals surface area contributed by atoms with Gasteiger partial charge in [0, 0.05) is 61.0 Å². The van der Waals surface area contributed by atoms with Crippen molar-refractivity contribution in [1.29, 1.82) is 0 Å². The van der Waals surface area contributed by atoms with Crippen molar-refractivity contribution in [2.75, 3.05) is 13.1 Å². The van der Waals surface area contributed by atoms with Gasteiger partial charge in [-0.15, -0.1) is 0 Å². The first-order valence-corrected chi connectivity index (χ1v) is 12.5. The van der Waals surface area contributed by atoms with E-state index in [1.54, 1.807) is 41.6 Å². The third-order valence-corrected chi connectivity index (χ3v) is 7.03. The highest BCUT2D eigenvalue weighted by molar-refractivity contribution is 5.96. The number of H-pyrrole nitrogens is 2. The van der Waals surface area contributed by atoms with Gasteiger partial charge < -0.3 is 4.98 Å². The van der Waals surface area contributed by atoms with Crippen LogP contribution in [0.1, 0.15) is 12.0 Å². The topological polar surface area (TPSA) is 99.3 Å². The average Bonchev–Trinajstić information content (AvgIpc) is 3.65. The van der Waals surface area contributed by atoms with Crippen LogP contribution in [0, 0.1) is 11.6 Å². The molecule has 1 saturated heterocycles. The van der Waals surface area contributed by atoms with Crippen LogP contribution in [-0.2, 0) is 6.54 Å². The van der Waals surface area contributed by atoms with Gasteiger partial charge in [0.05, 0.1) is 23.1 Å². The van der Waals surface area contributed by atoms with Crippen LogP contribution in [0.15, 0.2) is 61.2 Å². The lowest BCUT2D eigenvalue weighted by atomic mass is 10.0. The molecule has 12 heteroatoms. The molecule has 8 nitrogen and oxygen atoms in total. The van der Waals surface area contributed by atoms with Crippen LogP contribution in [0.25, 0.3) is 56.0 Å². The SMILES string of the molecule is Fc1ccc(-c2nccc3[nH]c(-c4n[nH]c5ncc(-c6cncc(CN7CCC(F)(F)C7)c6)c(F)c45)nc23)cc1. The molecule has 6 heterocycles. The van der Waals surface area contributed by atoms with E-state index in [0.717, 1.165) is 0 Å². The molecule has 1 aliphatic heterocycles. The molecular formula is C28H20F4N8. The number of likely N-dealkylation sites (tertiary alicyclic amines) is 1. The van der Waals surface area contributed by atoms with E-state index in [4.69, 9.17) is 0 Å². The van der Waals surface area contributed by atoms with Crippen LogP contribution in [0.5, 0.6) is 0 Å². The van der Waals surface area contributed by atoms with E-state index >= 15 is 4.39 Å². The minimum atomic E-state index is -2.70. The molecule has 5 aromatic heterocycles. The molecule has 2 N–H and O–H groups in total. The van der Waals surface area contributed by atoms with Crippen LogP contribution >= 0.6 is 0 Å². The second kappa shape index (κ2) is 9.19. The van der Waals surface area contributed by atoms with Gasteiger partial charge in [-0.25, -0.2) is 27.5 Å². The van der Waals surface area contributed by atoms with Crippen molar-refractivity contribution in [1.82, 2.24) is 40.0 Å². The summed E-state index contributed by atoms with van der Waals surface area (Å²) in [5.74, 6) is -3.33. The Hall–Kier alpha value is -4.71. The van der Waals surface area contributed by atoms with E-state index in [1.165, 1.54) is 24.5 Å². The Labute approximate surface area is 224 Å². The summed E-state index contributed by atoms with van der Waals surface area (Å²) in [4.78, 5) is 22.5. The Morgan fingerprint density at radius 2 is 1.80 bits per heavy atom. The molecular weight excluding hydrogens is 524 g/mol. The first kappa shape index (κ1) is 24.3. The summed E-state index contributed by atoms with van der Waals surface area (Å²) in [6.45, 7) is 0.259. The maximum atomic E-state index is 16.1. The summed E-state index contributed by atoms with van der Waals surface area (Å²) in [7, 11) is 0. The molecule has 0 amide bonds. The number of pyridine rings is 3. The van der Waals surface area contributed by atoms with Gasteiger partial charge in [-0.1, -0.05) is 0 Å². The number of nitrogens with zero attached hydrogens (tertiary/aromatic N) is 6. The quantitative estimate of drug-likeness (QED) is 0.269. The minimum absolute atomic E-state index is 0.137. The van der Waals surface area contributed by atoms with E-state index in [9.17, 15) is 13.2 Å². The molecule has 0 unspecified atom stereocenters. The minimum Gasteiger partial charge on any atom is -0.336 e. The Kier molecular flexibility index (Phi) is 5.59. The normalized spacial score (nSPS) is 15.4. The number of benzene rings is 1. The van der Waals surface area contributed by atoms with E-state index in [1.807, 2.05) is 0 Å². The van der Waals surface area contributed by atoms with Crippen LogP contribution in [0.2, 0.25) is 0 Å². The Morgan fingerprint density at radius 1 is 0.950 bits per heavy atom. The molecule has 1 aliphatic rings. The van der Waals surface area contributed by atoms with Crippen LogP contribution in [0.3, 0.4) is 0 Å². The van der Waals surface area contributed by atoms with Gasteiger partial charge in [0.1, 0.15) is 22.8 Å².